The zero-order chi connectivity index (χ0) is 15.3. The molecule has 1 aliphatic carbocycles. The van der Waals surface area contributed by atoms with Gasteiger partial charge in [-0.3, -0.25) is 0 Å². The van der Waals surface area contributed by atoms with Gasteiger partial charge in [-0.2, -0.15) is 10.5 Å². The minimum atomic E-state index is -3.49. The quantitative estimate of drug-likeness (QED) is 0.835. The SMILES string of the molecule is CCS(=O)(=O)[C@@H]1[C@H](c2ccc3c(c2)OCO3)C1(C#N)C#N. The number of ether oxygens (including phenoxy) is 2. The Balaban J connectivity index is 2.06. The molecule has 1 aromatic rings. The molecule has 1 heterocycles. The molecule has 1 fully saturated rings. The largest absolute Gasteiger partial charge is 0.454 e. The van der Waals surface area contributed by atoms with Crippen molar-refractivity contribution in [1.29, 1.82) is 10.5 Å². The van der Waals surface area contributed by atoms with Crippen molar-refractivity contribution in [2.24, 2.45) is 5.41 Å². The molecule has 7 heteroatoms. The van der Waals surface area contributed by atoms with Crippen molar-refractivity contribution in [2.45, 2.75) is 18.1 Å². The maximum Gasteiger partial charge on any atom is 0.231 e. The van der Waals surface area contributed by atoms with Crippen LogP contribution in [0.2, 0.25) is 0 Å². The molecule has 0 bridgehead atoms. The topological polar surface area (TPSA) is 100 Å². The molecule has 1 aliphatic heterocycles. The third kappa shape index (κ3) is 1.78. The Kier molecular flexibility index (Phi) is 2.86. The summed E-state index contributed by atoms with van der Waals surface area (Å²) in [7, 11) is -3.49. The van der Waals surface area contributed by atoms with Gasteiger partial charge in [0.25, 0.3) is 0 Å². The summed E-state index contributed by atoms with van der Waals surface area (Å²) in [5, 5.41) is 17.7. The molecule has 21 heavy (non-hydrogen) atoms. The Labute approximate surface area is 122 Å². The molecule has 6 nitrogen and oxygen atoms in total. The highest BCUT2D eigenvalue weighted by molar-refractivity contribution is 7.92. The summed E-state index contributed by atoms with van der Waals surface area (Å²) in [6.45, 7) is 1.63. The Morgan fingerprint density at radius 2 is 1.95 bits per heavy atom. The molecule has 108 valence electrons. The predicted molar refractivity (Wildman–Crippen MR) is 72.2 cm³/mol. The molecule has 1 saturated carbocycles. The lowest BCUT2D eigenvalue weighted by Crippen LogP contribution is -2.15. The summed E-state index contributed by atoms with van der Waals surface area (Å²) in [6, 6.07) is 8.81. The summed E-state index contributed by atoms with van der Waals surface area (Å²) >= 11 is 0. The van der Waals surface area contributed by atoms with E-state index < -0.39 is 26.4 Å². The van der Waals surface area contributed by atoms with Crippen LogP contribution in [0.1, 0.15) is 18.4 Å². The molecule has 0 amide bonds. The third-order valence-electron chi connectivity index (χ3n) is 4.05. The van der Waals surface area contributed by atoms with Crippen molar-refractivity contribution in [3.63, 3.8) is 0 Å². The maximum atomic E-state index is 12.2. The van der Waals surface area contributed by atoms with Gasteiger partial charge in [0.15, 0.2) is 26.8 Å². The fourth-order valence-corrected chi connectivity index (χ4v) is 4.75. The van der Waals surface area contributed by atoms with E-state index in [2.05, 4.69) is 0 Å². The van der Waals surface area contributed by atoms with Gasteiger partial charge in [0.05, 0.1) is 12.1 Å². The maximum absolute atomic E-state index is 12.2. The Morgan fingerprint density at radius 1 is 1.29 bits per heavy atom. The minimum absolute atomic E-state index is 0.0934. The van der Waals surface area contributed by atoms with Crippen LogP contribution in [0.15, 0.2) is 18.2 Å². The highest BCUT2D eigenvalue weighted by Gasteiger charge is 2.72. The average molecular weight is 304 g/mol. The van der Waals surface area contributed by atoms with Gasteiger partial charge in [-0.25, -0.2) is 8.42 Å². The second-order valence-electron chi connectivity index (χ2n) is 5.06. The van der Waals surface area contributed by atoms with Crippen LogP contribution in [-0.2, 0) is 9.84 Å². The fraction of sp³-hybridized carbons (Fsp3) is 0.429. The summed E-state index contributed by atoms with van der Waals surface area (Å²) in [5.41, 5.74) is -0.896. The molecule has 3 rings (SSSR count). The van der Waals surface area contributed by atoms with Gasteiger partial charge < -0.3 is 9.47 Å². The van der Waals surface area contributed by atoms with Gasteiger partial charge >= 0.3 is 0 Å². The molecule has 0 saturated heterocycles. The standard InChI is InChI=1S/C14H12N2O4S/c1-2-21(17,18)13-12(14(13,6-15)7-16)9-3-4-10-11(5-9)20-8-19-10/h3-5,12-13H,2,8H2,1H3/t12-,13+/m0/s1. The minimum Gasteiger partial charge on any atom is -0.454 e. The first-order valence-electron chi connectivity index (χ1n) is 6.44. The van der Waals surface area contributed by atoms with Crippen LogP contribution < -0.4 is 9.47 Å². The number of nitrogens with zero attached hydrogens (tertiary/aromatic N) is 2. The number of rotatable bonds is 3. The number of benzene rings is 1. The average Bonchev–Trinajstić information content (AvgIpc) is 2.98. The summed E-state index contributed by atoms with van der Waals surface area (Å²) in [4.78, 5) is 0. The molecule has 2 atom stereocenters. The molecule has 0 N–H and O–H groups in total. The van der Waals surface area contributed by atoms with E-state index in [9.17, 15) is 18.9 Å². The van der Waals surface area contributed by atoms with Crippen LogP contribution in [-0.4, -0.2) is 26.2 Å². The summed E-state index contributed by atoms with van der Waals surface area (Å²) in [5.74, 6) is 0.349. The molecule has 0 unspecified atom stereocenters. The van der Waals surface area contributed by atoms with Crippen molar-refractivity contribution in [3.05, 3.63) is 23.8 Å². The van der Waals surface area contributed by atoms with Crippen LogP contribution in [0.3, 0.4) is 0 Å². The number of hydrogen-bond acceptors (Lipinski definition) is 6. The summed E-state index contributed by atoms with van der Waals surface area (Å²) in [6.07, 6.45) is 0. The molecule has 2 aliphatic rings. The second-order valence-corrected chi connectivity index (χ2v) is 7.47. The van der Waals surface area contributed by atoms with Gasteiger partial charge in [0, 0.05) is 11.7 Å². The van der Waals surface area contributed by atoms with Gasteiger partial charge in [0.1, 0.15) is 5.25 Å². The van der Waals surface area contributed by atoms with Crippen LogP contribution in [0.5, 0.6) is 11.5 Å². The van der Waals surface area contributed by atoms with E-state index in [1.165, 1.54) is 6.92 Å². The Morgan fingerprint density at radius 3 is 2.57 bits per heavy atom. The van der Waals surface area contributed by atoms with E-state index in [0.29, 0.717) is 17.1 Å². The number of hydrogen-bond donors (Lipinski definition) is 0. The molecule has 0 spiro atoms. The molecule has 0 aromatic heterocycles. The normalized spacial score (nSPS) is 24.9. The van der Waals surface area contributed by atoms with E-state index in [1.54, 1.807) is 18.2 Å². The Hall–Kier alpha value is -2.25. The predicted octanol–water partition coefficient (Wildman–Crippen LogP) is 1.35. The lowest BCUT2D eigenvalue weighted by molar-refractivity contribution is 0.174. The zero-order valence-corrected chi connectivity index (χ0v) is 12.1. The summed E-state index contributed by atoms with van der Waals surface area (Å²) < 4.78 is 34.8. The van der Waals surface area contributed by atoms with Gasteiger partial charge in [-0.15, -0.1) is 0 Å². The van der Waals surface area contributed by atoms with Crippen LogP contribution in [0.25, 0.3) is 0 Å². The third-order valence-corrected chi connectivity index (χ3v) is 6.27. The van der Waals surface area contributed by atoms with Crippen LogP contribution in [0.4, 0.5) is 0 Å². The number of nitriles is 2. The molecule has 0 radical (unpaired) electrons. The highest BCUT2D eigenvalue weighted by Crippen LogP contribution is 2.63. The number of fused-ring (bicyclic) bond motifs is 1. The van der Waals surface area contributed by atoms with E-state index >= 15 is 0 Å². The van der Waals surface area contributed by atoms with Crippen molar-refractivity contribution >= 4 is 9.84 Å². The van der Waals surface area contributed by atoms with Gasteiger partial charge in [-0.05, 0) is 17.7 Å². The molecular weight excluding hydrogens is 292 g/mol. The van der Waals surface area contributed by atoms with Crippen LogP contribution >= 0.6 is 0 Å². The van der Waals surface area contributed by atoms with Crippen molar-refractivity contribution in [3.8, 4) is 23.6 Å². The first-order chi connectivity index (χ1) is 10.00. The van der Waals surface area contributed by atoms with Gasteiger partial charge in [0.2, 0.25) is 6.79 Å². The second kappa shape index (κ2) is 4.37. The van der Waals surface area contributed by atoms with E-state index in [1.807, 2.05) is 12.1 Å². The van der Waals surface area contributed by atoms with Crippen molar-refractivity contribution in [2.75, 3.05) is 12.5 Å². The highest BCUT2D eigenvalue weighted by atomic mass is 32.2. The fourth-order valence-electron chi connectivity index (χ4n) is 2.86. The van der Waals surface area contributed by atoms with E-state index in [0.717, 1.165) is 0 Å². The van der Waals surface area contributed by atoms with Crippen molar-refractivity contribution < 1.29 is 17.9 Å². The molecular formula is C14H12N2O4S. The molecule has 1 aromatic carbocycles. The first kappa shape index (κ1) is 13.7. The van der Waals surface area contributed by atoms with Crippen molar-refractivity contribution in [1.82, 2.24) is 0 Å². The Bertz CT molecular complexity index is 774. The van der Waals surface area contributed by atoms with E-state index in [-0.39, 0.29) is 12.5 Å². The lowest BCUT2D eigenvalue weighted by Gasteiger charge is -2.02. The van der Waals surface area contributed by atoms with Gasteiger partial charge in [-0.1, -0.05) is 13.0 Å². The zero-order valence-electron chi connectivity index (χ0n) is 11.2. The van der Waals surface area contributed by atoms with Crippen LogP contribution in [0, 0.1) is 28.1 Å². The lowest BCUT2D eigenvalue weighted by atomic mass is 10.0. The monoisotopic (exact) mass is 304 g/mol. The number of sulfone groups is 1. The smallest absolute Gasteiger partial charge is 0.231 e. The first-order valence-corrected chi connectivity index (χ1v) is 8.15. The van der Waals surface area contributed by atoms with E-state index in [4.69, 9.17) is 9.47 Å².